The smallest absolute Gasteiger partial charge is 0.0544 e. The zero-order valence-corrected chi connectivity index (χ0v) is 34.2. The second-order valence-electron chi connectivity index (χ2n) is 19.2. The van der Waals surface area contributed by atoms with Gasteiger partial charge in [0, 0.05) is 26.5 Å². The molecular weight excluding hydrogens is 695 g/mol. The summed E-state index contributed by atoms with van der Waals surface area (Å²) in [6.45, 7) is 9.90. The van der Waals surface area contributed by atoms with Crippen molar-refractivity contribution in [3.05, 3.63) is 162 Å². The summed E-state index contributed by atoms with van der Waals surface area (Å²) in [5, 5.41) is 0. The van der Waals surface area contributed by atoms with Gasteiger partial charge in [-0.1, -0.05) is 143 Å². The molecule has 6 aliphatic rings. The fourth-order valence-electron chi connectivity index (χ4n) is 12.7. The van der Waals surface area contributed by atoms with Crippen LogP contribution < -0.4 is 4.90 Å². The second-order valence-corrected chi connectivity index (χ2v) is 20.3. The lowest BCUT2D eigenvalue weighted by atomic mass is 9.42. The zero-order valence-electron chi connectivity index (χ0n) is 33.4. The average molecular weight is 748 g/mol. The Morgan fingerprint density at radius 2 is 1.07 bits per heavy atom. The second kappa shape index (κ2) is 12.7. The Labute approximate surface area is 338 Å². The van der Waals surface area contributed by atoms with Crippen molar-refractivity contribution in [1.82, 2.24) is 0 Å². The van der Waals surface area contributed by atoms with E-state index in [2.05, 4.69) is 172 Å². The van der Waals surface area contributed by atoms with E-state index in [9.17, 15) is 0 Å². The van der Waals surface area contributed by atoms with E-state index in [1.165, 1.54) is 105 Å². The predicted molar refractivity (Wildman–Crippen MR) is 236 cm³/mol. The standard InChI is InChI=1S/C54H53NS/c1-52(2)26-27-53(3,4)51-45(52)19-13-20-47(51)55(42-24-22-38(23-25-42)37-14-7-5-8-15-37)48-34-46-50(33-43(48)39-16-9-6-10-17-39)56-49-21-12-11-18-44(49)54(46)40-29-35-28-36(31-40)32-41(54)30-35/h5-25,33-36,40-41H,26-32H2,1-4H3. The number of nitrogens with zero attached hydrogens (tertiary/aromatic N) is 1. The van der Waals surface area contributed by atoms with Gasteiger partial charge in [0.25, 0.3) is 0 Å². The van der Waals surface area contributed by atoms with Crippen molar-refractivity contribution in [3.63, 3.8) is 0 Å². The van der Waals surface area contributed by atoms with Gasteiger partial charge in [0.05, 0.1) is 11.4 Å². The van der Waals surface area contributed by atoms with E-state index in [-0.39, 0.29) is 16.2 Å². The molecule has 5 aliphatic carbocycles. The molecule has 280 valence electrons. The first-order chi connectivity index (χ1) is 27.2. The maximum absolute atomic E-state index is 2.73. The van der Waals surface area contributed by atoms with Crippen LogP contribution in [0.1, 0.15) is 94.9 Å². The summed E-state index contributed by atoms with van der Waals surface area (Å²) in [6.07, 6.45) is 9.33. The van der Waals surface area contributed by atoms with Crippen molar-refractivity contribution in [3.8, 4) is 22.3 Å². The van der Waals surface area contributed by atoms with Crippen molar-refractivity contribution in [1.29, 1.82) is 0 Å². The van der Waals surface area contributed by atoms with Gasteiger partial charge in [-0.15, -0.1) is 0 Å². The number of hydrogen-bond acceptors (Lipinski definition) is 2. The molecule has 1 aliphatic heterocycles. The highest BCUT2D eigenvalue weighted by Gasteiger charge is 2.61. The fraction of sp³-hybridized carbons (Fsp3) is 0.333. The third-order valence-electron chi connectivity index (χ3n) is 15.1. The molecule has 4 fully saturated rings. The van der Waals surface area contributed by atoms with Crippen molar-refractivity contribution >= 4 is 28.8 Å². The first kappa shape index (κ1) is 34.7. The highest BCUT2D eigenvalue weighted by Crippen LogP contribution is 2.69. The van der Waals surface area contributed by atoms with Crippen molar-refractivity contribution in [2.75, 3.05) is 4.90 Å². The van der Waals surface area contributed by atoms with Gasteiger partial charge in [-0.2, -0.15) is 0 Å². The third-order valence-corrected chi connectivity index (χ3v) is 16.3. The number of fused-ring (bicyclic) bond motifs is 3. The topological polar surface area (TPSA) is 3.24 Å². The summed E-state index contributed by atoms with van der Waals surface area (Å²) in [5.41, 5.74) is 15.3. The third kappa shape index (κ3) is 5.20. The molecule has 0 N–H and O–H groups in total. The number of rotatable bonds is 5. The molecule has 1 spiro atoms. The average Bonchev–Trinajstić information content (AvgIpc) is 3.22. The van der Waals surface area contributed by atoms with Crippen LogP contribution in [0, 0.1) is 23.7 Å². The molecule has 56 heavy (non-hydrogen) atoms. The van der Waals surface area contributed by atoms with Gasteiger partial charge in [0.15, 0.2) is 0 Å². The molecule has 0 amide bonds. The van der Waals surface area contributed by atoms with Crippen molar-refractivity contribution in [2.24, 2.45) is 23.7 Å². The Bertz CT molecular complexity index is 2430. The molecule has 0 saturated heterocycles. The van der Waals surface area contributed by atoms with Crippen LogP contribution in [0.2, 0.25) is 0 Å². The van der Waals surface area contributed by atoms with Crippen LogP contribution in [-0.4, -0.2) is 0 Å². The first-order valence-electron chi connectivity index (χ1n) is 21.3. The lowest BCUT2D eigenvalue weighted by molar-refractivity contribution is -0.0443. The summed E-state index contributed by atoms with van der Waals surface area (Å²) >= 11 is 2.03. The highest BCUT2D eigenvalue weighted by molar-refractivity contribution is 7.99. The molecule has 1 nitrogen and oxygen atoms in total. The number of hydrogen-bond donors (Lipinski definition) is 0. The van der Waals surface area contributed by atoms with Crippen molar-refractivity contribution < 1.29 is 0 Å². The van der Waals surface area contributed by atoms with E-state index in [0.29, 0.717) is 11.8 Å². The lowest BCUT2D eigenvalue weighted by Crippen LogP contribution is -2.57. The highest BCUT2D eigenvalue weighted by atomic mass is 32.2. The van der Waals surface area contributed by atoms with E-state index in [0.717, 1.165) is 11.8 Å². The number of benzene rings is 6. The monoisotopic (exact) mass is 747 g/mol. The molecule has 4 bridgehead atoms. The maximum atomic E-state index is 2.73. The molecule has 0 unspecified atom stereocenters. The van der Waals surface area contributed by atoms with E-state index in [1.54, 1.807) is 11.1 Å². The van der Waals surface area contributed by atoms with Crippen LogP contribution in [0.25, 0.3) is 22.3 Å². The van der Waals surface area contributed by atoms with E-state index in [1.807, 2.05) is 11.8 Å². The van der Waals surface area contributed by atoms with E-state index < -0.39 is 0 Å². The summed E-state index contributed by atoms with van der Waals surface area (Å²) in [6, 6.07) is 53.7. The van der Waals surface area contributed by atoms with Crippen LogP contribution >= 0.6 is 11.8 Å². The van der Waals surface area contributed by atoms with Crippen LogP contribution in [-0.2, 0) is 16.2 Å². The largest absolute Gasteiger partial charge is 0.310 e. The molecule has 4 saturated carbocycles. The van der Waals surface area contributed by atoms with Crippen LogP contribution in [0.3, 0.4) is 0 Å². The summed E-state index contributed by atoms with van der Waals surface area (Å²) < 4.78 is 0. The Balaban J connectivity index is 1.21. The predicted octanol–water partition coefficient (Wildman–Crippen LogP) is 15.0. The maximum Gasteiger partial charge on any atom is 0.0544 e. The van der Waals surface area contributed by atoms with Gasteiger partial charge < -0.3 is 4.90 Å². The van der Waals surface area contributed by atoms with Gasteiger partial charge in [-0.05, 0) is 155 Å². The molecule has 2 heteroatoms. The summed E-state index contributed by atoms with van der Waals surface area (Å²) in [4.78, 5) is 5.64. The first-order valence-corrected chi connectivity index (χ1v) is 22.1. The Kier molecular flexibility index (Phi) is 7.89. The van der Waals surface area contributed by atoms with Crippen LogP contribution in [0.15, 0.2) is 149 Å². The molecule has 12 rings (SSSR count). The van der Waals surface area contributed by atoms with Crippen molar-refractivity contribution in [2.45, 2.75) is 98.7 Å². The molecule has 6 aromatic rings. The van der Waals surface area contributed by atoms with Gasteiger partial charge >= 0.3 is 0 Å². The molecule has 6 aromatic carbocycles. The molecular formula is C54H53NS. The summed E-state index contributed by atoms with van der Waals surface area (Å²) in [5.74, 6) is 3.19. The Morgan fingerprint density at radius 3 is 1.77 bits per heavy atom. The SMILES string of the molecule is CC1(C)CCC(C)(C)c2c(N(c3ccc(-c4ccccc4)cc3)c3cc4c(cc3-c3ccccc3)Sc3ccccc3C43C4CC5CC(C4)CC3C5)cccc21. The van der Waals surface area contributed by atoms with Crippen LogP contribution in [0.5, 0.6) is 0 Å². The van der Waals surface area contributed by atoms with Gasteiger partial charge in [-0.3, -0.25) is 0 Å². The van der Waals surface area contributed by atoms with E-state index in [4.69, 9.17) is 0 Å². The quantitative estimate of drug-likeness (QED) is 0.173. The number of anilines is 3. The lowest BCUT2D eigenvalue weighted by Gasteiger charge is -2.63. The minimum atomic E-state index is 0.0300. The Hall–Kier alpha value is -4.53. The minimum Gasteiger partial charge on any atom is -0.310 e. The molecule has 1 heterocycles. The fourth-order valence-corrected chi connectivity index (χ4v) is 14.0. The molecule has 0 aromatic heterocycles. The normalized spacial score (nSPS) is 26.0. The van der Waals surface area contributed by atoms with Gasteiger partial charge in [0.1, 0.15) is 0 Å². The minimum absolute atomic E-state index is 0.0300. The zero-order chi connectivity index (χ0) is 37.8. The van der Waals surface area contributed by atoms with E-state index >= 15 is 0 Å². The molecule has 0 atom stereocenters. The van der Waals surface area contributed by atoms with Gasteiger partial charge in [0.2, 0.25) is 0 Å². The Morgan fingerprint density at radius 1 is 0.482 bits per heavy atom. The van der Waals surface area contributed by atoms with Gasteiger partial charge in [-0.25, -0.2) is 0 Å². The summed E-state index contributed by atoms with van der Waals surface area (Å²) in [7, 11) is 0. The van der Waals surface area contributed by atoms with Crippen LogP contribution in [0.4, 0.5) is 17.1 Å². The molecule has 0 radical (unpaired) electrons.